The molecule has 0 aliphatic carbocycles. The van der Waals surface area contributed by atoms with Gasteiger partial charge in [0.05, 0.1) is 0 Å². The Morgan fingerprint density at radius 1 is 1.23 bits per heavy atom. The number of rotatable bonds is 0. The molecule has 1 aliphatic heterocycles. The van der Waals surface area contributed by atoms with E-state index < -0.39 is 0 Å². The first-order valence-corrected chi connectivity index (χ1v) is 4.45. The minimum Gasteiger partial charge on any atom is -0.326 e. The smallest absolute Gasteiger partial charge is 0.225 e. The molecule has 13 heavy (non-hydrogen) atoms. The molecule has 1 amide bonds. The molecule has 0 radical (unpaired) electrons. The molecule has 0 unspecified atom stereocenters. The highest BCUT2D eigenvalue weighted by Crippen LogP contribution is 2.15. The molecule has 0 spiro atoms. The highest BCUT2D eigenvalue weighted by Gasteiger charge is 2.08. The van der Waals surface area contributed by atoms with Crippen molar-refractivity contribution in [1.29, 1.82) is 0 Å². The summed E-state index contributed by atoms with van der Waals surface area (Å²) < 4.78 is 0. The first-order chi connectivity index (χ1) is 6.36. The maximum atomic E-state index is 11.2. The third-order valence-corrected chi connectivity index (χ3v) is 2.14. The Morgan fingerprint density at radius 3 is 3.00 bits per heavy atom. The van der Waals surface area contributed by atoms with E-state index in [1.165, 1.54) is 0 Å². The lowest BCUT2D eigenvalue weighted by atomic mass is 10.1. The van der Waals surface area contributed by atoms with E-state index in [0.717, 1.165) is 24.3 Å². The van der Waals surface area contributed by atoms with E-state index in [1.54, 1.807) is 0 Å². The average molecular weight is 176 g/mol. The van der Waals surface area contributed by atoms with Crippen LogP contribution in [0.5, 0.6) is 0 Å². The number of hydrogen-bond acceptors (Lipinski definition) is 2. The predicted molar refractivity (Wildman–Crippen MR) is 51.4 cm³/mol. The number of para-hydroxylation sites is 1. The first-order valence-electron chi connectivity index (χ1n) is 4.45. The summed E-state index contributed by atoms with van der Waals surface area (Å²) in [6.45, 7) is 1.58. The number of fused-ring (bicyclic) bond motifs is 1. The third-order valence-electron chi connectivity index (χ3n) is 2.14. The predicted octanol–water partition coefficient (Wildman–Crippen LogP) is 1.12. The molecule has 3 heteroatoms. The largest absolute Gasteiger partial charge is 0.326 e. The van der Waals surface area contributed by atoms with Gasteiger partial charge in [-0.1, -0.05) is 18.2 Å². The lowest BCUT2D eigenvalue weighted by Crippen LogP contribution is -2.25. The molecule has 2 N–H and O–H groups in total. The number of amides is 1. The van der Waals surface area contributed by atoms with Crippen LogP contribution in [-0.4, -0.2) is 12.5 Å². The van der Waals surface area contributed by atoms with Crippen LogP contribution >= 0.6 is 0 Å². The van der Waals surface area contributed by atoms with Crippen molar-refractivity contribution in [2.75, 3.05) is 11.9 Å². The Labute approximate surface area is 77.1 Å². The SMILES string of the molecule is O=C1CCNCc2ccccc2N1. The summed E-state index contributed by atoms with van der Waals surface area (Å²) in [6, 6.07) is 7.86. The number of hydrogen-bond donors (Lipinski definition) is 2. The lowest BCUT2D eigenvalue weighted by Gasteiger charge is -2.15. The molecule has 0 atom stereocenters. The van der Waals surface area contributed by atoms with Gasteiger partial charge in [0.2, 0.25) is 5.91 Å². The van der Waals surface area contributed by atoms with Gasteiger partial charge < -0.3 is 10.6 Å². The van der Waals surface area contributed by atoms with Crippen molar-refractivity contribution >= 4 is 11.6 Å². The van der Waals surface area contributed by atoms with E-state index in [9.17, 15) is 4.79 Å². The van der Waals surface area contributed by atoms with Gasteiger partial charge in [-0.05, 0) is 11.6 Å². The third kappa shape index (κ3) is 1.87. The highest BCUT2D eigenvalue weighted by molar-refractivity contribution is 5.91. The van der Waals surface area contributed by atoms with Crippen LogP contribution in [-0.2, 0) is 11.3 Å². The highest BCUT2D eigenvalue weighted by atomic mass is 16.1. The van der Waals surface area contributed by atoms with E-state index in [2.05, 4.69) is 10.6 Å². The van der Waals surface area contributed by atoms with E-state index in [-0.39, 0.29) is 5.91 Å². The molecule has 0 saturated heterocycles. The van der Waals surface area contributed by atoms with Crippen molar-refractivity contribution in [1.82, 2.24) is 5.32 Å². The monoisotopic (exact) mass is 176 g/mol. The van der Waals surface area contributed by atoms with Gasteiger partial charge in [0.25, 0.3) is 0 Å². The topological polar surface area (TPSA) is 41.1 Å². The van der Waals surface area contributed by atoms with Crippen LogP contribution < -0.4 is 10.6 Å². The Bertz CT molecular complexity index is 322. The summed E-state index contributed by atoms with van der Waals surface area (Å²) in [5, 5.41) is 6.10. The summed E-state index contributed by atoms with van der Waals surface area (Å²) in [4.78, 5) is 11.2. The molecule has 1 aromatic rings. The van der Waals surface area contributed by atoms with Gasteiger partial charge in [0.15, 0.2) is 0 Å². The van der Waals surface area contributed by atoms with Crippen molar-refractivity contribution in [3.05, 3.63) is 29.8 Å². The summed E-state index contributed by atoms with van der Waals surface area (Å²) in [5.41, 5.74) is 2.08. The summed E-state index contributed by atoms with van der Waals surface area (Å²) in [5.74, 6) is 0.0830. The summed E-state index contributed by atoms with van der Waals surface area (Å²) in [7, 11) is 0. The normalized spacial score (nSPS) is 16.8. The van der Waals surface area contributed by atoms with Crippen LogP contribution in [0, 0.1) is 0 Å². The molecule has 1 heterocycles. The minimum absolute atomic E-state index is 0.0830. The summed E-state index contributed by atoms with van der Waals surface area (Å²) >= 11 is 0. The maximum Gasteiger partial charge on any atom is 0.225 e. The second-order valence-electron chi connectivity index (χ2n) is 3.13. The number of carbonyl (C=O) groups excluding carboxylic acids is 1. The Hall–Kier alpha value is -1.35. The lowest BCUT2D eigenvalue weighted by molar-refractivity contribution is -0.116. The number of carbonyl (C=O) groups is 1. The quantitative estimate of drug-likeness (QED) is 0.622. The molecule has 3 nitrogen and oxygen atoms in total. The Balaban J connectivity index is 2.30. The minimum atomic E-state index is 0.0830. The van der Waals surface area contributed by atoms with Crippen LogP contribution in [0.25, 0.3) is 0 Å². The molecular formula is C10H12N2O. The molecule has 1 aliphatic rings. The standard InChI is InChI=1S/C10H12N2O/c13-10-5-6-11-7-8-3-1-2-4-9(8)12-10/h1-4,11H,5-7H2,(H,12,13). The van der Waals surface area contributed by atoms with Gasteiger partial charge in [0, 0.05) is 25.2 Å². The van der Waals surface area contributed by atoms with E-state index in [0.29, 0.717) is 6.42 Å². The second kappa shape index (κ2) is 3.58. The average Bonchev–Trinajstić information content (AvgIpc) is 2.11. The van der Waals surface area contributed by atoms with Crippen molar-refractivity contribution in [2.24, 2.45) is 0 Å². The van der Waals surface area contributed by atoms with Crippen LogP contribution in [0.15, 0.2) is 24.3 Å². The van der Waals surface area contributed by atoms with E-state index in [1.807, 2.05) is 24.3 Å². The fourth-order valence-electron chi connectivity index (χ4n) is 1.43. The van der Waals surface area contributed by atoms with E-state index in [4.69, 9.17) is 0 Å². The van der Waals surface area contributed by atoms with Crippen LogP contribution in [0.3, 0.4) is 0 Å². The zero-order valence-corrected chi connectivity index (χ0v) is 7.34. The van der Waals surface area contributed by atoms with Gasteiger partial charge in [-0.15, -0.1) is 0 Å². The fourth-order valence-corrected chi connectivity index (χ4v) is 1.43. The van der Waals surface area contributed by atoms with E-state index >= 15 is 0 Å². The molecule has 0 bridgehead atoms. The Kier molecular flexibility index (Phi) is 2.27. The number of nitrogens with one attached hydrogen (secondary N) is 2. The van der Waals surface area contributed by atoms with Gasteiger partial charge in [0.1, 0.15) is 0 Å². The fraction of sp³-hybridized carbons (Fsp3) is 0.300. The van der Waals surface area contributed by atoms with Crippen LogP contribution in [0.1, 0.15) is 12.0 Å². The molecule has 68 valence electrons. The number of benzene rings is 1. The molecule has 0 aromatic heterocycles. The molecular weight excluding hydrogens is 164 g/mol. The number of anilines is 1. The van der Waals surface area contributed by atoms with Crippen LogP contribution in [0.4, 0.5) is 5.69 Å². The second-order valence-corrected chi connectivity index (χ2v) is 3.13. The van der Waals surface area contributed by atoms with Crippen LogP contribution in [0.2, 0.25) is 0 Å². The van der Waals surface area contributed by atoms with Gasteiger partial charge >= 0.3 is 0 Å². The summed E-state index contributed by atoms with van der Waals surface area (Å²) in [6.07, 6.45) is 0.550. The molecule has 2 rings (SSSR count). The zero-order chi connectivity index (χ0) is 9.10. The van der Waals surface area contributed by atoms with Gasteiger partial charge in [-0.25, -0.2) is 0 Å². The zero-order valence-electron chi connectivity index (χ0n) is 7.34. The molecule has 0 saturated carbocycles. The van der Waals surface area contributed by atoms with Gasteiger partial charge in [-0.3, -0.25) is 4.79 Å². The maximum absolute atomic E-state index is 11.2. The first kappa shape index (κ1) is 8.26. The molecule has 1 aromatic carbocycles. The van der Waals surface area contributed by atoms with Crippen molar-refractivity contribution < 1.29 is 4.79 Å². The van der Waals surface area contributed by atoms with Crippen molar-refractivity contribution in [3.8, 4) is 0 Å². The molecule has 0 fully saturated rings. The van der Waals surface area contributed by atoms with Gasteiger partial charge in [-0.2, -0.15) is 0 Å². The van der Waals surface area contributed by atoms with Crippen molar-refractivity contribution in [3.63, 3.8) is 0 Å². The Morgan fingerprint density at radius 2 is 2.08 bits per heavy atom. The van der Waals surface area contributed by atoms with Crippen molar-refractivity contribution in [2.45, 2.75) is 13.0 Å².